The van der Waals surface area contributed by atoms with E-state index in [0.717, 1.165) is 19.4 Å². The van der Waals surface area contributed by atoms with Crippen LogP contribution in [0.25, 0.3) is 0 Å². The van der Waals surface area contributed by atoms with Crippen LogP contribution in [-0.4, -0.2) is 40.4 Å². The smallest absolute Gasteiger partial charge is 0.223 e. The van der Waals surface area contributed by atoms with E-state index < -0.39 is 6.29 Å². The molecule has 0 saturated carbocycles. The van der Waals surface area contributed by atoms with Gasteiger partial charge in [-0.25, -0.2) is 0 Å². The molecule has 0 spiro atoms. The van der Waals surface area contributed by atoms with Gasteiger partial charge in [-0.15, -0.1) is 0 Å². The molecule has 1 heterocycles. The highest BCUT2D eigenvalue weighted by Crippen LogP contribution is 2.20. The normalized spacial score (nSPS) is 23.2. The summed E-state index contributed by atoms with van der Waals surface area (Å²) < 4.78 is 0. The summed E-state index contributed by atoms with van der Waals surface area (Å²) in [5.41, 5.74) is 0. The lowest BCUT2D eigenvalue weighted by atomic mass is 10.1. The highest BCUT2D eigenvalue weighted by atomic mass is 16.5. The molecule has 1 rings (SSSR count). The lowest BCUT2D eigenvalue weighted by molar-refractivity contribution is -0.128. The molecule has 2 N–H and O–H groups in total. The molecule has 0 radical (unpaired) electrons. The molecule has 0 aromatic carbocycles. The van der Waals surface area contributed by atoms with Crippen molar-refractivity contribution in [3.05, 3.63) is 0 Å². The van der Waals surface area contributed by atoms with Crippen molar-refractivity contribution in [1.82, 2.24) is 4.90 Å². The molecule has 76 valence electrons. The third kappa shape index (κ3) is 2.67. The van der Waals surface area contributed by atoms with E-state index >= 15 is 0 Å². The third-order valence-electron chi connectivity index (χ3n) is 2.45. The van der Waals surface area contributed by atoms with Crippen LogP contribution in [0.5, 0.6) is 0 Å². The number of hydrogen-bond donors (Lipinski definition) is 2. The average molecular weight is 187 g/mol. The second-order valence-corrected chi connectivity index (χ2v) is 3.57. The molecule has 1 amide bonds. The van der Waals surface area contributed by atoms with Crippen molar-refractivity contribution in [3.63, 3.8) is 0 Å². The average Bonchev–Trinajstić information content (AvgIpc) is 2.44. The molecule has 4 nitrogen and oxygen atoms in total. The van der Waals surface area contributed by atoms with Gasteiger partial charge in [-0.1, -0.05) is 13.3 Å². The topological polar surface area (TPSA) is 60.8 Å². The predicted molar refractivity (Wildman–Crippen MR) is 47.8 cm³/mol. The first-order valence-electron chi connectivity index (χ1n) is 4.79. The monoisotopic (exact) mass is 187 g/mol. The number of likely N-dealkylation sites (tertiary alicyclic amines) is 1. The van der Waals surface area contributed by atoms with Crippen molar-refractivity contribution in [1.29, 1.82) is 0 Å². The number of aliphatic hydroxyl groups excluding tert-OH is 1. The van der Waals surface area contributed by atoms with E-state index in [1.54, 1.807) is 4.90 Å². The second-order valence-electron chi connectivity index (χ2n) is 3.57. The Bertz CT molecular complexity index is 182. The van der Waals surface area contributed by atoms with Crippen LogP contribution in [0.15, 0.2) is 0 Å². The zero-order chi connectivity index (χ0) is 9.84. The molecule has 1 aliphatic rings. The fraction of sp³-hybridized carbons (Fsp3) is 0.889. The van der Waals surface area contributed by atoms with Gasteiger partial charge in [0.05, 0.1) is 0 Å². The van der Waals surface area contributed by atoms with Crippen LogP contribution in [0, 0.1) is 5.92 Å². The van der Waals surface area contributed by atoms with Crippen LogP contribution >= 0.6 is 0 Å². The highest BCUT2D eigenvalue weighted by Gasteiger charge is 2.32. The Labute approximate surface area is 78.2 Å². The van der Waals surface area contributed by atoms with Gasteiger partial charge in [0.15, 0.2) is 6.29 Å². The molecule has 1 unspecified atom stereocenters. The molecule has 4 heteroatoms. The van der Waals surface area contributed by atoms with Crippen molar-refractivity contribution >= 4 is 5.91 Å². The number of aliphatic hydroxyl groups is 2. The Kier molecular flexibility index (Phi) is 3.69. The molecular weight excluding hydrogens is 170 g/mol. The maximum atomic E-state index is 11.3. The summed E-state index contributed by atoms with van der Waals surface area (Å²) in [5, 5.41) is 17.8. The fourth-order valence-electron chi connectivity index (χ4n) is 1.57. The van der Waals surface area contributed by atoms with Gasteiger partial charge in [0.25, 0.3) is 0 Å². The van der Waals surface area contributed by atoms with E-state index in [1.807, 2.05) is 0 Å². The zero-order valence-electron chi connectivity index (χ0n) is 7.94. The first kappa shape index (κ1) is 10.5. The van der Waals surface area contributed by atoms with Crippen LogP contribution < -0.4 is 0 Å². The first-order chi connectivity index (χ1) is 6.15. The Balaban J connectivity index is 2.37. The summed E-state index contributed by atoms with van der Waals surface area (Å²) in [5.74, 6) is -0.240. The summed E-state index contributed by atoms with van der Waals surface area (Å²) >= 11 is 0. The fourth-order valence-corrected chi connectivity index (χ4v) is 1.57. The van der Waals surface area contributed by atoms with Gasteiger partial charge in [0, 0.05) is 25.4 Å². The Hall–Kier alpha value is -0.610. The summed E-state index contributed by atoms with van der Waals surface area (Å²) in [6, 6.07) is 0. The van der Waals surface area contributed by atoms with Crippen molar-refractivity contribution in [2.45, 2.75) is 32.5 Å². The minimum absolute atomic E-state index is 0.0477. The standard InChI is InChI=1S/C9H17NO3/c1-2-3-4-10-6-7(9(12)13)5-8(10)11/h7,9,12-13H,2-6H2,1H3. The molecule has 1 aliphatic heterocycles. The molecule has 0 aliphatic carbocycles. The van der Waals surface area contributed by atoms with Gasteiger partial charge in [-0.05, 0) is 6.42 Å². The van der Waals surface area contributed by atoms with Gasteiger partial charge in [-0.3, -0.25) is 4.79 Å². The summed E-state index contributed by atoms with van der Waals surface area (Å²) in [6.45, 7) is 3.31. The molecule has 0 aromatic heterocycles. The number of carbonyl (C=O) groups is 1. The van der Waals surface area contributed by atoms with E-state index in [1.165, 1.54) is 0 Å². The zero-order valence-corrected chi connectivity index (χ0v) is 7.94. The Morgan fingerprint density at radius 2 is 2.31 bits per heavy atom. The van der Waals surface area contributed by atoms with Gasteiger partial charge in [0.1, 0.15) is 0 Å². The van der Waals surface area contributed by atoms with E-state index in [4.69, 9.17) is 10.2 Å². The maximum absolute atomic E-state index is 11.3. The number of carbonyl (C=O) groups excluding carboxylic acids is 1. The van der Waals surface area contributed by atoms with Gasteiger partial charge in [-0.2, -0.15) is 0 Å². The first-order valence-corrected chi connectivity index (χ1v) is 4.79. The quantitative estimate of drug-likeness (QED) is 0.606. The van der Waals surface area contributed by atoms with Crippen LogP contribution in [0.3, 0.4) is 0 Å². The van der Waals surface area contributed by atoms with E-state index in [-0.39, 0.29) is 18.2 Å². The summed E-state index contributed by atoms with van der Waals surface area (Å²) in [4.78, 5) is 13.0. The lowest BCUT2D eigenvalue weighted by Gasteiger charge is -2.16. The summed E-state index contributed by atoms with van der Waals surface area (Å²) in [7, 11) is 0. The SMILES string of the molecule is CCCCN1CC(C(O)O)CC1=O. The number of rotatable bonds is 4. The molecule has 1 saturated heterocycles. The Morgan fingerprint density at radius 1 is 1.62 bits per heavy atom. The molecule has 0 aromatic rings. The van der Waals surface area contributed by atoms with Crippen LogP contribution in [-0.2, 0) is 4.79 Å². The number of nitrogens with zero attached hydrogens (tertiary/aromatic N) is 1. The molecule has 13 heavy (non-hydrogen) atoms. The van der Waals surface area contributed by atoms with Crippen molar-refractivity contribution in [2.24, 2.45) is 5.92 Å². The van der Waals surface area contributed by atoms with E-state index in [0.29, 0.717) is 6.54 Å². The third-order valence-corrected chi connectivity index (χ3v) is 2.45. The largest absolute Gasteiger partial charge is 0.368 e. The minimum Gasteiger partial charge on any atom is -0.368 e. The van der Waals surface area contributed by atoms with Crippen molar-refractivity contribution in [2.75, 3.05) is 13.1 Å². The Morgan fingerprint density at radius 3 is 2.77 bits per heavy atom. The predicted octanol–water partition coefficient (Wildman–Crippen LogP) is -0.0543. The van der Waals surface area contributed by atoms with Crippen LogP contribution in [0.1, 0.15) is 26.2 Å². The second kappa shape index (κ2) is 4.58. The van der Waals surface area contributed by atoms with Crippen molar-refractivity contribution < 1.29 is 15.0 Å². The number of hydrogen-bond acceptors (Lipinski definition) is 3. The highest BCUT2D eigenvalue weighted by molar-refractivity contribution is 5.78. The van der Waals surface area contributed by atoms with Crippen LogP contribution in [0.4, 0.5) is 0 Å². The molecule has 1 atom stereocenters. The summed E-state index contributed by atoms with van der Waals surface area (Å²) in [6.07, 6.45) is 0.966. The number of unbranched alkanes of at least 4 members (excludes halogenated alkanes) is 1. The van der Waals surface area contributed by atoms with Gasteiger partial charge >= 0.3 is 0 Å². The molecular formula is C9H17NO3. The van der Waals surface area contributed by atoms with E-state index in [9.17, 15) is 4.79 Å². The lowest BCUT2D eigenvalue weighted by Crippen LogP contribution is -2.28. The molecule has 0 bridgehead atoms. The van der Waals surface area contributed by atoms with Crippen molar-refractivity contribution in [3.8, 4) is 0 Å². The van der Waals surface area contributed by atoms with E-state index in [2.05, 4.69) is 6.92 Å². The molecule has 1 fully saturated rings. The van der Waals surface area contributed by atoms with Gasteiger partial charge < -0.3 is 15.1 Å². The van der Waals surface area contributed by atoms with Crippen LogP contribution in [0.2, 0.25) is 0 Å². The van der Waals surface area contributed by atoms with Gasteiger partial charge in [0.2, 0.25) is 5.91 Å². The number of amides is 1. The minimum atomic E-state index is -1.35. The maximum Gasteiger partial charge on any atom is 0.223 e.